The Kier molecular flexibility index (Phi) is 8.50. The zero-order valence-corrected chi connectivity index (χ0v) is 16.7. The maximum absolute atomic E-state index is 9.50. The predicted molar refractivity (Wildman–Crippen MR) is 114 cm³/mol. The van der Waals surface area contributed by atoms with Gasteiger partial charge < -0.3 is 15.6 Å². The predicted octanol–water partition coefficient (Wildman–Crippen LogP) is 2.55. The molecule has 2 atom stereocenters. The summed E-state index contributed by atoms with van der Waals surface area (Å²) < 4.78 is 0. The van der Waals surface area contributed by atoms with E-state index in [0.717, 1.165) is 29.9 Å². The molecule has 0 unspecified atom stereocenters. The summed E-state index contributed by atoms with van der Waals surface area (Å²) in [5.74, 6) is 3.31. The molecule has 1 aliphatic rings. The van der Waals surface area contributed by atoms with Crippen molar-refractivity contribution in [2.24, 2.45) is 0 Å². The highest BCUT2D eigenvalue weighted by Crippen LogP contribution is 2.23. The first-order valence-corrected chi connectivity index (χ1v) is 9.58. The molecule has 1 saturated heterocycles. The molecule has 2 aromatic rings. The van der Waals surface area contributed by atoms with E-state index in [0.29, 0.717) is 31.5 Å². The number of piperidine rings is 1. The third-order valence-corrected chi connectivity index (χ3v) is 4.68. The van der Waals surface area contributed by atoms with Crippen molar-refractivity contribution in [1.82, 2.24) is 25.2 Å². The van der Waals surface area contributed by atoms with Crippen molar-refractivity contribution in [2.45, 2.75) is 45.2 Å². The average Bonchev–Trinajstić information content (AvgIpc) is 3.15. The van der Waals surface area contributed by atoms with Crippen LogP contribution in [0.25, 0.3) is 11.0 Å². The molecule has 0 radical (unpaired) electrons. The number of hydrogen-bond acceptors (Lipinski definition) is 5. The van der Waals surface area contributed by atoms with Crippen LogP contribution < -0.4 is 10.6 Å². The second kappa shape index (κ2) is 11.1. The second-order valence-corrected chi connectivity index (χ2v) is 7.14. The van der Waals surface area contributed by atoms with E-state index >= 15 is 0 Å². The highest BCUT2D eigenvalue weighted by atomic mass is 16.1. The van der Waals surface area contributed by atoms with E-state index in [9.17, 15) is 4.79 Å². The Hall–Kier alpha value is -2.85. The number of amides is 1. The average molecular weight is 383 g/mol. The van der Waals surface area contributed by atoms with E-state index in [4.69, 9.17) is 6.42 Å². The van der Waals surface area contributed by atoms with E-state index in [-0.39, 0.29) is 0 Å². The quantitative estimate of drug-likeness (QED) is 0.297. The first-order valence-electron chi connectivity index (χ1n) is 9.58. The summed E-state index contributed by atoms with van der Waals surface area (Å²) in [5, 5.41) is 7.08. The third kappa shape index (κ3) is 6.39. The number of nitrogens with zero attached hydrogens (tertiary/aromatic N) is 3. The fourth-order valence-corrected chi connectivity index (χ4v) is 3.25. The number of hydrogen-bond donors (Lipinski definition) is 3. The van der Waals surface area contributed by atoms with Crippen LogP contribution in [0.5, 0.6) is 0 Å². The van der Waals surface area contributed by atoms with Crippen molar-refractivity contribution >= 4 is 23.3 Å². The maximum Gasteiger partial charge on any atom is 0.207 e. The van der Waals surface area contributed by atoms with Crippen molar-refractivity contribution in [3.63, 3.8) is 0 Å². The van der Waals surface area contributed by atoms with Gasteiger partial charge >= 0.3 is 0 Å². The number of rotatable bonds is 7. The molecule has 3 N–H and O–H groups in total. The van der Waals surface area contributed by atoms with Crippen molar-refractivity contribution in [2.75, 3.05) is 25.0 Å². The molecule has 150 valence electrons. The smallest absolute Gasteiger partial charge is 0.207 e. The zero-order valence-electron chi connectivity index (χ0n) is 16.7. The molecule has 7 heteroatoms. The van der Waals surface area contributed by atoms with Crippen LogP contribution in [0, 0.1) is 12.3 Å². The zero-order chi connectivity index (χ0) is 20.4. The molecule has 0 aromatic carbocycles. The van der Waals surface area contributed by atoms with E-state index < -0.39 is 0 Å². The van der Waals surface area contributed by atoms with Crippen LogP contribution in [0.4, 0.5) is 5.82 Å². The largest absolute Gasteiger partial charge is 0.365 e. The van der Waals surface area contributed by atoms with E-state index in [1.54, 1.807) is 6.33 Å². The van der Waals surface area contributed by atoms with Crippen LogP contribution in [0.2, 0.25) is 0 Å². The first-order chi connectivity index (χ1) is 13.5. The molecule has 0 bridgehead atoms. The molecule has 7 nitrogen and oxygen atoms in total. The Morgan fingerprint density at radius 3 is 3.04 bits per heavy atom. The molecule has 3 heterocycles. The maximum atomic E-state index is 9.50. The highest BCUT2D eigenvalue weighted by molar-refractivity contribution is 5.86. The van der Waals surface area contributed by atoms with Gasteiger partial charge in [0.25, 0.3) is 0 Å². The van der Waals surface area contributed by atoms with Gasteiger partial charge in [-0.2, -0.15) is 0 Å². The molecule has 0 saturated carbocycles. The number of anilines is 1. The number of aromatic amines is 1. The first kappa shape index (κ1) is 21.5. The lowest BCUT2D eigenvalue weighted by Crippen LogP contribution is -2.47. The van der Waals surface area contributed by atoms with Crippen LogP contribution in [0.3, 0.4) is 0 Å². The van der Waals surface area contributed by atoms with Gasteiger partial charge in [-0.05, 0) is 32.8 Å². The fraction of sp³-hybridized carbons (Fsp3) is 0.476. The van der Waals surface area contributed by atoms with Crippen molar-refractivity contribution in [3.8, 4) is 12.3 Å². The molecular formula is C21H30N6O. The highest BCUT2D eigenvalue weighted by Gasteiger charge is 2.25. The monoisotopic (exact) mass is 382 g/mol. The Labute approximate surface area is 167 Å². The minimum Gasteiger partial charge on any atom is -0.365 e. The van der Waals surface area contributed by atoms with Gasteiger partial charge in [0.2, 0.25) is 6.41 Å². The molecule has 2 aromatic heterocycles. The summed E-state index contributed by atoms with van der Waals surface area (Å²) >= 11 is 0. The fourth-order valence-electron chi connectivity index (χ4n) is 3.25. The number of nitrogens with one attached hydrogen (secondary N) is 3. The Morgan fingerprint density at radius 2 is 2.32 bits per heavy atom. The molecule has 28 heavy (non-hydrogen) atoms. The lowest BCUT2D eigenvalue weighted by atomic mass is 9.98. The molecular weight excluding hydrogens is 352 g/mol. The molecule has 3 rings (SSSR count). The van der Waals surface area contributed by atoms with E-state index in [1.165, 1.54) is 18.4 Å². The summed E-state index contributed by atoms with van der Waals surface area (Å²) in [6, 6.07) is 3.07. The molecule has 0 spiro atoms. The minimum absolute atomic E-state index is 0.425. The van der Waals surface area contributed by atoms with Gasteiger partial charge in [-0.25, -0.2) is 9.97 Å². The van der Waals surface area contributed by atoms with Gasteiger partial charge in [-0.15, -0.1) is 12.3 Å². The van der Waals surface area contributed by atoms with E-state index in [2.05, 4.69) is 56.8 Å². The lowest BCUT2D eigenvalue weighted by molar-refractivity contribution is -0.109. The summed E-state index contributed by atoms with van der Waals surface area (Å²) in [7, 11) is 0. The number of aromatic nitrogens is 3. The summed E-state index contributed by atoms with van der Waals surface area (Å²) in [4.78, 5) is 23.8. The minimum atomic E-state index is 0.425. The standard InChI is InChI=1S/C16H23N5.C5H7NO/c1-11(2)8-21-9-13(5-4-12(21)3)20-16-14-6-7-17-15(14)18-10-19-16;1-2-3-4-6-5-7/h6-7,10,12-13H,1,4-5,8-9H2,2-3H3,(H2,17,18,19,20);1,5H,3-4H2,(H,6,7)/t12-,13+;/m0./s1. The summed E-state index contributed by atoms with van der Waals surface area (Å²) in [5.41, 5.74) is 2.10. The van der Waals surface area contributed by atoms with Gasteiger partial charge in [-0.1, -0.05) is 12.2 Å². The van der Waals surface area contributed by atoms with Crippen molar-refractivity contribution < 1.29 is 4.79 Å². The normalized spacial score (nSPS) is 19.2. The molecule has 1 aliphatic heterocycles. The van der Waals surface area contributed by atoms with Crippen molar-refractivity contribution in [3.05, 3.63) is 30.7 Å². The third-order valence-electron chi connectivity index (χ3n) is 4.68. The Bertz CT molecular complexity index is 809. The van der Waals surface area contributed by atoms with Crippen LogP contribution in [0.1, 0.15) is 33.1 Å². The van der Waals surface area contributed by atoms with E-state index in [1.807, 2.05) is 12.3 Å². The van der Waals surface area contributed by atoms with Crippen LogP contribution in [0.15, 0.2) is 30.7 Å². The lowest BCUT2D eigenvalue weighted by Gasteiger charge is -2.38. The number of carbonyl (C=O) groups excluding carboxylic acids is 1. The van der Waals surface area contributed by atoms with Gasteiger partial charge in [0.05, 0.1) is 5.39 Å². The van der Waals surface area contributed by atoms with Crippen LogP contribution >= 0.6 is 0 Å². The molecule has 1 amide bonds. The second-order valence-electron chi connectivity index (χ2n) is 7.14. The number of H-pyrrole nitrogens is 1. The van der Waals surface area contributed by atoms with Gasteiger partial charge in [0, 0.05) is 44.3 Å². The molecule has 1 fully saturated rings. The van der Waals surface area contributed by atoms with Crippen molar-refractivity contribution in [1.29, 1.82) is 0 Å². The number of terminal acetylenes is 1. The number of fused-ring (bicyclic) bond motifs is 1. The topological polar surface area (TPSA) is 85.9 Å². The van der Waals surface area contributed by atoms with Crippen LogP contribution in [-0.2, 0) is 4.79 Å². The summed E-state index contributed by atoms with van der Waals surface area (Å²) in [6.45, 7) is 11.0. The number of likely N-dealkylation sites (tertiary alicyclic amines) is 1. The Balaban J connectivity index is 0.000000345. The van der Waals surface area contributed by atoms with Gasteiger partial charge in [-0.3, -0.25) is 9.69 Å². The van der Waals surface area contributed by atoms with Crippen LogP contribution in [-0.4, -0.2) is 58.0 Å². The SMILES string of the molecule is C#CCCNC=O.C=C(C)CN1C[C@H](Nc2ncnc3[nH]ccc23)CC[C@@H]1C. The molecule has 0 aliphatic carbocycles. The Morgan fingerprint density at radius 1 is 1.50 bits per heavy atom. The van der Waals surface area contributed by atoms with Gasteiger partial charge in [0.15, 0.2) is 0 Å². The number of carbonyl (C=O) groups is 1. The van der Waals surface area contributed by atoms with Gasteiger partial charge in [0.1, 0.15) is 17.8 Å². The summed E-state index contributed by atoms with van der Waals surface area (Å²) in [6.07, 6.45) is 12.0.